The number of para-hydroxylation sites is 1. The predicted molar refractivity (Wildman–Crippen MR) is 103 cm³/mol. The number of nitrogens with two attached hydrogens (primary N) is 1. The number of hydrogen-bond donors (Lipinski definition) is 2. The van der Waals surface area contributed by atoms with Crippen LogP contribution in [0.1, 0.15) is 24.0 Å². The molecule has 140 valence electrons. The van der Waals surface area contributed by atoms with Crippen molar-refractivity contribution in [3.8, 4) is 5.75 Å². The Kier molecular flexibility index (Phi) is 7.45. The number of carbonyl (C=O) groups is 1. The molecule has 0 atom stereocenters. The molecular formula is C20H25ClN2O3. The highest BCUT2D eigenvalue weighted by Gasteiger charge is 2.35. The summed E-state index contributed by atoms with van der Waals surface area (Å²) in [5, 5.41) is 2.94. The van der Waals surface area contributed by atoms with Crippen LogP contribution in [0.25, 0.3) is 0 Å². The maximum Gasteiger partial charge on any atom is 0.240 e. The summed E-state index contributed by atoms with van der Waals surface area (Å²) >= 11 is 0. The van der Waals surface area contributed by atoms with Gasteiger partial charge in [-0.2, -0.15) is 0 Å². The van der Waals surface area contributed by atoms with Crippen molar-refractivity contribution in [3.63, 3.8) is 0 Å². The Labute approximate surface area is 160 Å². The van der Waals surface area contributed by atoms with Crippen molar-refractivity contribution >= 4 is 18.3 Å². The van der Waals surface area contributed by atoms with Crippen molar-refractivity contribution in [3.05, 3.63) is 65.7 Å². The molecule has 6 heteroatoms. The third kappa shape index (κ3) is 5.46. The smallest absolute Gasteiger partial charge is 0.240 e. The number of carbonyl (C=O) groups excluding carboxylic acids is 1. The summed E-state index contributed by atoms with van der Waals surface area (Å²) < 4.78 is 11.0. The van der Waals surface area contributed by atoms with Gasteiger partial charge in [0.1, 0.15) is 12.4 Å². The lowest BCUT2D eigenvalue weighted by atomic mass is 9.90. The summed E-state index contributed by atoms with van der Waals surface area (Å²) in [4.78, 5) is 12.3. The quantitative estimate of drug-likeness (QED) is 0.813. The fourth-order valence-corrected chi connectivity index (χ4v) is 2.76. The maximum absolute atomic E-state index is 12.3. The van der Waals surface area contributed by atoms with Crippen molar-refractivity contribution in [2.45, 2.75) is 31.5 Å². The highest BCUT2D eigenvalue weighted by atomic mass is 35.5. The van der Waals surface area contributed by atoms with Gasteiger partial charge in [-0.05, 0) is 36.1 Å². The van der Waals surface area contributed by atoms with E-state index in [4.69, 9.17) is 15.2 Å². The lowest BCUT2D eigenvalue weighted by Crippen LogP contribution is -2.56. The van der Waals surface area contributed by atoms with Crippen LogP contribution in [0, 0.1) is 0 Å². The molecule has 0 bridgehead atoms. The zero-order valence-electron chi connectivity index (χ0n) is 14.6. The zero-order chi connectivity index (χ0) is 17.5. The van der Waals surface area contributed by atoms with E-state index in [0.29, 0.717) is 39.2 Å². The Morgan fingerprint density at radius 2 is 1.65 bits per heavy atom. The lowest BCUT2D eigenvalue weighted by Gasteiger charge is -2.31. The van der Waals surface area contributed by atoms with Crippen LogP contribution in [-0.2, 0) is 22.7 Å². The van der Waals surface area contributed by atoms with Gasteiger partial charge in [0.05, 0.1) is 5.54 Å². The monoisotopic (exact) mass is 376 g/mol. The molecule has 5 nitrogen and oxygen atoms in total. The molecule has 0 aromatic heterocycles. The first-order valence-corrected chi connectivity index (χ1v) is 8.56. The molecule has 0 radical (unpaired) electrons. The number of halogens is 1. The van der Waals surface area contributed by atoms with Crippen LogP contribution in [0.5, 0.6) is 5.75 Å². The summed E-state index contributed by atoms with van der Waals surface area (Å²) in [5.41, 5.74) is 7.49. The van der Waals surface area contributed by atoms with Crippen LogP contribution in [0.2, 0.25) is 0 Å². The average Bonchev–Trinajstić information content (AvgIpc) is 2.66. The summed E-state index contributed by atoms with van der Waals surface area (Å²) in [6.07, 6.45) is 1.13. The van der Waals surface area contributed by atoms with E-state index in [1.165, 1.54) is 0 Å². The summed E-state index contributed by atoms with van der Waals surface area (Å²) in [5.74, 6) is 0.746. The molecule has 1 saturated heterocycles. The molecule has 3 N–H and O–H groups in total. The molecule has 2 aromatic carbocycles. The first kappa shape index (κ1) is 20.2. The Bertz CT molecular complexity index is 686. The molecule has 0 aliphatic carbocycles. The van der Waals surface area contributed by atoms with E-state index in [-0.39, 0.29) is 18.3 Å². The van der Waals surface area contributed by atoms with Crippen LogP contribution in [0.3, 0.4) is 0 Å². The predicted octanol–water partition coefficient (Wildman–Crippen LogP) is 2.81. The van der Waals surface area contributed by atoms with Crippen molar-refractivity contribution in [1.29, 1.82) is 0 Å². The Morgan fingerprint density at radius 1 is 1.04 bits per heavy atom. The van der Waals surface area contributed by atoms with E-state index in [9.17, 15) is 4.79 Å². The van der Waals surface area contributed by atoms with Crippen molar-refractivity contribution in [1.82, 2.24) is 5.32 Å². The van der Waals surface area contributed by atoms with Gasteiger partial charge in [-0.1, -0.05) is 42.5 Å². The molecule has 1 aliphatic rings. The second-order valence-corrected chi connectivity index (χ2v) is 6.37. The van der Waals surface area contributed by atoms with Crippen LogP contribution < -0.4 is 15.8 Å². The minimum atomic E-state index is -0.804. The van der Waals surface area contributed by atoms with Crippen LogP contribution in [-0.4, -0.2) is 24.7 Å². The van der Waals surface area contributed by atoms with Crippen LogP contribution in [0.15, 0.2) is 54.6 Å². The van der Waals surface area contributed by atoms with Gasteiger partial charge in [0.15, 0.2) is 0 Å². The second kappa shape index (κ2) is 9.57. The summed E-state index contributed by atoms with van der Waals surface area (Å²) in [6, 6.07) is 17.7. The van der Waals surface area contributed by atoms with Crippen LogP contribution >= 0.6 is 12.4 Å². The minimum Gasteiger partial charge on any atom is -0.489 e. The average molecular weight is 377 g/mol. The molecule has 1 aliphatic heterocycles. The molecule has 26 heavy (non-hydrogen) atoms. The van der Waals surface area contributed by atoms with Gasteiger partial charge in [0.2, 0.25) is 5.91 Å². The van der Waals surface area contributed by atoms with Gasteiger partial charge in [0.25, 0.3) is 0 Å². The van der Waals surface area contributed by atoms with Gasteiger partial charge >= 0.3 is 0 Å². The zero-order valence-corrected chi connectivity index (χ0v) is 15.5. The molecule has 3 rings (SSSR count). The lowest BCUT2D eigenvalue weighted by molar-refractivity contribution is -0.129. The van der Waals surface area contributed by atoms with Gasteiger partial charge in [-0.25, -0.2) is 0 Å². The number of hydrogen-bond acceptors (Lipinski definition) is 4. The highest BCUT2D eigenvalue weighted by molar-refractivity contribution is 5.86. The number of nitrogens with one attached hydrogen (secondary N) is 1. The SMILES string of the molecule is Cl.NC1(C(=O)NCc2ccc(COc3ccccc3)cc2)CCOCC1. The third-order valence-electron chi connectivity index (χ3n) is 4.46. The number of benzene rings is 2. The van der Waals surface area contributed by atoms with Gasteiger partial charge in [-0.3, -0.25) is 4.79 Å². The van der Waals surface area contributed by atoms with E-state index < -0.39 is 5.54 Å². The maximum atomic E-state index is 12.3. The normalized spacial score (nSPS) is 15.6. The molecule has 1 fully saturated rings. The topological polar surface area (TPSA) is 73.6 Å². The standard InChI is InChI=1S/C20H24N2O3.ClH/c21-20(10-12-24-13-11-20)19(23)22-14-16-6-8-17(9-7-16)15-25-18-4-2-1-3-5-18;/h1-9H,10-15,21H2,(H,22,23);1H. The first-order valence-electron chi connectivity index (χ1n) is 8.56. The van der Waals surface area contributed by atoms with E-state index >= 15 is 0 Å². The minimum absolute atomic E-state index is 0. The fourth-order valence-electron chi connectivity index (χ4n) is 2.76. The van der Waals surface area contributed by atoms with E-state index in [0.717, 1.165) is 16.9 Å². The largest absolute Gasteiger partial charge is 0.489 e. The number of rotatable bonds is 6. The Hall–Kier alpha value is -2.08. The van der Waals surface area contributed by atoms with Gasteiger partial charge < -0.3 is 20.5 Å². The van der Waals surface area contributed by atoms with Crippen molar-refractivity contribution in [2.24, 2.45) is 5.73 Å². The summed E-state index contributed by atoms with van der Waals surface area (Å²) in [7, 11) is 0. The molecule has 1 heterocycles. The van der Waals surface area contributed by atoms with Gasteiger partial charge in [0, 0.05) is 19.8 Å². The molecule has 0 spiro atoms. The van der Waals surface area contributed by atoms with E-state index in [2.05, 4.69) is 5.32 Å². The van der Waals surface area contributed by atoms with Crippen LogP contribution in [0.4, 0.5) is 0 Å². The van der Waals surface area contributed by atoms with E-state index in [1.54, 1.807) is 0 Å². The fraction of sp³-hybridized carbons (Fsp3) is 0.350. The molecular weight excluding hydrogens is 352 g/mol. The molecule has 0 saturated carbocycles. The molecule has 0 unspecified atom stereocenters. The highest BCUT2D eigenvalue weighted by Crippen LogP contribution is 2.18. The van der Waals surface area contributed by atoms with Crippen molar-refractivity contribution < 1.29 is 14.3 Å². The third-order valence-corrected chi connectivity index (χ3v) is 4.46. The molecule has 1 amide bonds. The Balaban J connectivity index is 0.00000243. The molecule has 2 aromatic rings. The van der Waals surface area contributed by atoms with Gasteiger partial charge in [-0.15, -0.1) is 12.4 Å². The van der Waals surface area contributed by atoms with Crippen molar-refractivity contribution in [2.75, 3.05) is 13.2 Å². The van der Waals surface area contributed by atoms with E-state index in [1.807, 2.05) is 54.6 Å². The first-order chi connectivity index (χ1) is 12.2. The number of ether oxygens (including phenoxy) is 2. The number of amides is 1. The summed E-state index contributed by atoms with van der Waals surface area (Å²) in [6.45, 7) is 2.07. The second-order valence-electron chi connectivity index (χ2n) is 6.37. The Morgan fingerprint density at radius 3 is 2.31 bits per heavy atom.